The Morgan fingerprint density at radius 1 is 1.36 bits per heavy atom. The van der Waals surface area contributed by atoms with Gasteiger partial charge in [-0.05, 0) is 12.3 Å². The zero-order valence-electron chi connectivity index (χ0n) is 15.0. The first-order valence-electron chi connectivity index (χ1n) is 8.68. The van der Waals surface area contributed by atoms with Crippen LogP contribution >= 0.6 is 0 Å². The number of H-pyrrole nitrogens is 1. The van der Waals surface area contributed by atoms with Crippen molar-refractivity contribution >= 4 is 27.5 Å². The Morgan fingerprint density at radius 2 is 2.11 bits per heavy atom. The van der Waals surface area contributed by atoms with E-state index in [1.807, 2.05) is 0 Å². The summed E-state index contributed by atoms with van der Waals surface area (Å²) in [4.78, 5) is 33.0. The van der Waals surface area contributed by atoms with Gasteiger partial charge in [0, 0.05) is 31.0 Å². The van der Waals surface area contributed by atoms with Gasteiger partial charge in [0.2, 0.25) is 10.0 Å². The maximum Gasteiger partial charge on any atom is 0.269 e. The van der Waals surface area contributed by atoms with Gasteiger partial charge >= 0.3 is 0 Å². The van der Waals surface area contributed by atoms with Crippen LogP contribution in [0.2, 0.25) is 0 Å². The number of nitrogens with one attached hydrogen (secondary N) is 3. The molecule has 5 N–H and O–H groups in total. The van der Waals surface area contributed by atoms with Gasteiger partial charge in [-0.25, -0.2) is 13.4 Å². The number of hydrogen-bond donors (Lipinski definition) is 4. The van der Waals surface area contributed by atoms with E-state index in [9.17, 15) is 18.0 Å². The number of anilines is 1. The number of rotatable bonds is 6. The number of carbonyl (C=O) groups is 2. The van der Waals surface area contributed by atoms with E-state index < -0.39 is 32.4 Å². The van der Waals surface area contributed by atoms with E-state index in [1.54, 1.807) is 6.92 Å². The molecular formula is C16H19N7O4S. The number of aromatic nitrogens is 4. The molecule has 3 unspecified atom stereocenters. The summed E-state index contributed by atoms with van der Waals surface area (Å²) < 4.78 is 27.0. The van der Waals surface area contributed by atoms with Gasteiger partial charge in [0.1, 0.15) is 0 Å². The largest absolute Gasteiger partial charge is 0.364 e. The molecule has 11 nitrogen and oxygen atoms in total. The van der Waals surface area contributed by atoms with E-state index in [4.69, 9.17) is 5.73 Å². The van der Waals surface area contributed by atoms with Gasteiger partial charge in [0.15, 0.2) is 22.0 Å². The van der Waals surface area contributed by atoms with Crippen LogP contribution in [0.15, 0.2) is 18.6 Å². The second-order valence-electron chi connectivity index (χ2n) is 7.07. The molecule has 2 aromatic heterocycles. The molecule has 1 aliphatic carbocycles. The maximum absolute atomic E-state index is 13.5. The number of primary amides is 1. The van der Waals surface area contributed by atoms with E-state index in [0.717, 1.165) is 0 Å². The molecule has 1 aliphatic heterocycles. The lowest BCUT2D eigenvalue weighted by Gasteiger charge is -2.27. The Labute approximate surface area is 160 Å². The minimum Gasteiger partial charge on any atom is -0.364 e. The number of amides is 1. The van der Waals surface area contributed by atoms with Crippen LogP contribution in [-0.2, 0) is 21.4 Å². The molecule has 12 heteroatoms. The summed E-state index contributed by atoms with van der Waals surface area (Å²) in [5.74, 6) is -2.46. The highest BCUT2D eigenvalue weighted by molar-refractivity contribution is 7.95. The zero-order chi connectivity index (χ0) is 20.1. The summed E-state index contributed by atoms with van der Waals surface area (Å²) in [5, 5.41) is 9.67. The van der Waals surface area contributed by atoms with Crippen LogP contribution in [-0.4, -0.2) is 51.6 Å². The molecule has 0 spiro atoms. The van der Waals surface area contributed by atoms with Crippen LogP contribution in [0.4, 0.5) is 5.82 Å². The number of nitrogens with two attached hydrogens (primary N) is 1. The highest BCUT2D eigenvalue weighted by Crippen LogP contribution is 2.53. The highest BCUT2D eigenvalue weighted by atomic mass is 32.2. The van der Waals surface area contributed by atoms with Crippen molar-refractivity contribution in [2.45, 2.75) is 30.6 Å². The number of carbonyl (C=O) groups excluding carboxylic acids is 2. The van der Waals surface area contributed by atoms with E-state index >= 15 is 0 Å². The van der Waals surface area contributed by atoms with E-state index in [0.29, 0.717) is 17.8 Å². The Bertz CT molecular complexity index is 1050. The molecule has 0 bridgehead atoms. The van der Waals surface area contributed by atoms with Crippen molar-refractivity contribution in [2.24, 2.45) is 11.7 Å². The lowest BCUT2D eigenvalue weighted by Crippen LogP contribution is -2.45. The first-order valence-corrected chi connectivity index (χ1v) is 10.2. The van der Waals surface area contributed by atoms with E-state index in [1.165, 1.54) is 18.6 Å². The Morgan fingerprint density at radius 3 is 2.71 bits per heavy atom. The fourth-order valence-corrected chi connectivity index (χ4v) is 5.84. The minimum atomic E-state index is -4.09. The number of hydrogen-bond acceptors (Lipinski definition) is 8. The van der Waals surface area contributed by atoms with Crippen molar-refractivity contribution in [3.63, 3.8) is 0 Å². The van der Waals surface area contributed by atoms with Crippen LogP contribution in [0.1, 0.15) is 41.0 Å². The highest BCUT2D eigenvalue weighted by Gasteiger charge is 2.68. The smallest absolute Gasteiger partial charge is 0.269 e. The SMILES string of the molecule is CC1CC1(C(=O)C1CNCc2[nH]nc(C(N)=O)c21)S(=O)(=O)Nc1cnccn1. The number of nitrogens with zero attached hydrogens (tertiary/aromatic N) is 3. The van der Waals surface area contributed by atoms with Crippen LogP contribution in [0.5, 0.6) is 0 Å². The monoisotopic (exact) mass is 405 g/mol. The third-order valence-corrected chi connectivity index (χ3v) is 7.58. The zero-order valence-corrected chi connectivity index (χ0v) is 15.8. The number of fused-ring (bicyclic) bond motifs is 1. The van der Waals surface area contributed by atoms with Gasteiger partial charge in [-0.1, -0.05) is 6.92 Å². The summed E-state index contributed by atoms with van der Waals surface area (Å²) >= 11 is 0. The fourth-order valence-electron chi connectivity index (χ4n) is 3.87. The topological polar surface area (TPSA) is 173 Å². The van der Waals surface area contributed by atoms with Gasteiger partial charge in [0.05, 0.1) is 17.8 Å². The molecule has 3 atom stereocenters. The second kappa shape index (κ2) is 6.34. The van der Waals surface area contributed by atoms with Crippen molar-refractivity contribution in [2.75, 3.05) is 11.3 Å². The van der Waals surface area contributed by atoms with Gasteiger partial charge in [0.25, 0.3) is 5.91 Å². The van der Waals surface area contributed by atoms with Crippen molar-refractivity contribution in [1.82, 2.24) is 25.5 Å². The number of ketones is 1. The molecule has 28 heavy (non-hydrogen) atoms. The molecular weight excluding hydrogens is 386 g/mol. The van der Waals surface area contributed by atoms with Crippen molar-refractivity contribution in [3.8, 4) is 0 Å². The first-order chi connectivity index (χ1) is 13.3. The predicted octanol–water partition coefficient (Wildman–Crippen LogP) is -0.725. The lowest BCUT2D eigenvalue weighted by molar-refractivity contribution is -0.121. The van der Waals surface area contributed by atoms with Gasteiger partial charge in [-0.3, -0.25) is 24.4 Å². The molecule has 2 aromatic rings. The summed E-state index contributed by atoms with van der Waals surface area (Å²) in [6, 6.07) is 0. The Hall–Kier alpha value is -2.86. The molecule has 148 valence electrons. The average molecular weight is 405 g/mol. The molecule has 0 radical (unpaired) electrons. The van der Waals surface area contributed by atoms with Crippen LogP contribution in [0, 0.1) is 5.92 Å². The lowest BCUT2D eigenvalue weighted by atomic mass is 9.87. The number of aromatic amines is 1. The quantitative estimate of drug-likeness (QED) is 0.487. The van der Waals surface area contributed by atoms with Crippen molar-refractivity contribution in [3.05, 3.63) is 35.5 Å². The normalized spacial score (nSPS) is 26.3. The number of Topliss-reactive ketones (excluding diaryl/α,β-unsaturated/α-hetero) is 1. The summed E-state index contributed by atoms with van der Waals surface area (Å²) in [6.07, 6.45) is 4.21. The van der Waals surface area contributed by atoms with Crippen molar-refractivity contribution in [1.29, 1.82) is 0 Å². The number of sulfonamides is 1. The van der Waals surface area contributed by atoms with E-state index in [-0.39, 0.29) is 30.4 Å². The fraction of sp³-hybridized carbons (Fsp3) is 0.438. The molecule has 0 saturated heterocycles. The molecule has 1 amide bonds. The van der Waals surface area contributed by atoms with E-state index in [2.05, 4.69) is 30.2 Å². The molecule has 1 saturated carbocycles. The van der Waals surface area contributed by atoms with Gasteiger partial charge < -0.3 is 11.1 Å². The molecule has 2 aliphatic rings. The van der Waals surface area contributed by atoms with Crippen LogP contribution in [0.25, 0.3) is 0 Å². The maximum atomic E-state index is 13.5. The molecule has 0 aromatic carbocycles. The second-order valence-corrected chi connectivity index (χ2v) is 9.01. The minimum absolute atomic E-state index is 0.0300. The first kappa shape index (κ1) is 18.5. The van der Waals surface area contributed by atoms with Gasteiger partial charge in [-0.15, -0.1) is 0 Å². The average Bonchev–Trinajstić information content (AvgIpc) is 3.17. The van der Waals surface area contributed by atoms with Gasteiger partial charge in [-0.2, -0.15) is 5.10 Å². The summed E-state index contributed by atoms with van der Waals surface area (Å²) in [7, 11) is -4.09. The summed E-state index contributed by atoms with van der Waals surface area (Å²) in [6.45, 7) is 2.28. The third kappa shape index (κ3) is 2.67. The van der Waals surface area contributed by atoms with Crippen LogP contribution in [0.3, 0.4) is 0 Å². The molecule has 3 heterocycles. The standard InChI is InChI=1S/C16H19N7O4S/c1-8-4-16(8,28(26,27)23-11-7-18-2-3-20-11)14(24)9-5-19-6-10-12(9)13(15(17)25)22-21-10/h2-3,7-9,19H,4-6H2,1H3,(H2,17,25)(H,20,23)(H,21,22). The molecule has 1 fully saturated rings. The predicted molar refractivity (Wildman–Crippen MR) is 97.6 cm³/mol. The van der Waals surface area contributed by atoms with Crippen molar-refractivity contribution < 1.29 is 18.0 Å². The third-order valence-electron chi connectivity index (χ3n) is 5.38. The Kier molecular flexibility index (Phi) is 4.19. The Balaban J connectivity index is 1.72. The van der Waals surface area contributed by atoms with Crippen LogP contribution < -0.4 is 15.8 Å². The molecule has 4 rings (SSSR count). The summed E-state index contributed by atoms with van der Waals surface area (Å²) in [5.41, 5.74) is 6.29.